The molecular formula is C18H14Cl2O3. The normalized spacial score (nSPS) is 19.7. The number of carboxylic acid groups (broad SMARTS) is 1. The van der Waals surface area contributed by atoms with Crippen molar-refractivity contribution in [3.8, 4) is 0 Å². The van der Waals surface area contributed by atoms with E-state index >= 15 is 0 Å². The smallest absolute Gasteiger partial charge is 0.307 e. The fourth-order valence-corrected chi connectivity index (χ4v) is 3.73. The molecule has 2 aromatic carbocycles. The van der Waals surface area contributed by atoms with E-state index in [-0.39, 0.29) is 22.2 Å². The Bertz CT molecular complexity index is 815. The van der Waals surface area contributed by atoms with Crippen molar-refractivity contribution in [2.24, 2.45) is 0 Å². The third kappa shape index (κ3) is 2.54. The van der Waals surface area contributed by atoms with Crippen LogP contribution in [0.4, 0.5) is 0 Å². The number of Topliss-reactive ketones (excluding diaryl/α,β-unsaturated/α-hetero) is 1. The predicted molar refractivity (Wildman–Crippen MR) is 89.6 cm³/mol. The maximum Gasteiger partial charge on any atom is 0.307 e. The van der Waals surface area contributed by atoms with Crippen molar-refractivity contribution in [3.05, 3.63) is 68.7 Å². The van der Waals surface area contributed by atoms with E-state index in [1.807, 2.05) is 37.3 Å². The summed E-state index contributed by atoms with van der Waals surface area (Å²) < 4.78 is 0. The van der Waals surface area contributed by atoms with Crippen LogP contribution in [0.1, 0.15) is 34.0 Å². The molecule has 0 bridgehead atoms. The van der Waals surface area contributed by atoms with Gasteiger partial charge in [0.05, 0.1) is 21.9 Å². The molecule has 3 nitrogen and oxygen atoms in total. The molecule has 0 amide bonds. The first-order valence-electron chi connectivity index (χ1n) is 7.16. The van der Waals surface area contributed by atoms with Gasteiger partial charge >= 0.3 is 5.97 Å². The Morgan fingerprint density at radius 1 is 1.22 bits per heavy atom. The van der Waals surface area contributed by atoms with E-state index in [1.165, 1.54) is 0 Å². The highest BCUT2D eigenvalue weighted by atomic mass is 35.5. The van der Waals surface area contributed by atoms with Crippen LogP contribution in [0, 0.1) is 0 Å². The van der Waals surface area contributed by atoms with Gasteiger partial charge < -0.3 is 5.11 Å². The Kier molecular flexibility index (Phi) is 3.95. The molecule has 0 radical (unpaired) electrons. The minimum atomic E-state index is -0.988. The molecule has 0 fully saturated rings. The second-order valence-corrected chi connectivity index (χ2v) is 6.73. The molecule has 23 heavy (non-hydrogen) atoms. The number of hydrogen-bond donors (Lipinski definition) is 1. The van der Waals surface area contributed by atoms with Gasteiger partial charge in [-0.1, -0.05) is 59.6 Å². The van der Waals surface area contributed by atoms with Crippen LogP contribution in [0.25, 0.3) is 0 Å². The van der Waals surface area contributed by atoms with Crippen LogP contribution < -0.4 is 0 Å². The minimum Gasteiger partial charge on any atom is -0.481 e. The van der Waals surface area contributed by atoms with Gasteiger partial charge in [-0.2, -0.15) is 0 Å². The largest absolute Gasteiger partial charge is 0.481 e. The summed E-state index contributed by atoms with van der Waals surface area (Å²) in [7, 11) is 0. The topological polar surface area (TPSA) is 54.4 Å². The lowest BCUT2D eigenvalue weighted by Gasteiger charge is -2.22. The molecule has 2 aromatic rings. The number of carbonyl (C=O) groups excluding carboxylic acids is 1. The molecule has 0 aromatic heterocycles. The average molecular weight is 349 g/mol. The van der Waals surface area contributed by atoms with Crippen molar-refractivity contribution in [2.45, 2.75) is 25.2 Å². The Hall–Kier alpha value is -1.84. The zero-order chi connectivity index (χ0) is 16.8. The summed E-state index contributed by atoms with van der Waals surface area (Å²) in [5, 5.41) is 9.30. The first-order valence-corrected chi connectivity index (χ1v) is 7.92. The van der Waals surface area contributed by atoms with Gasteiger partial charge in [-0.15, -0.1) is 0 Å². The number of rotatable bonds is 3. The molecule has 3 rings (SSSR count). The van der Waals surface area contributed by atoms with E-state index in [9.17, 15) is 9.59 Å². The summed E-state index contributed by atoms with van der Waals surface area (Å²) in [4.78, 5) is 23.9. The van der Waals surface area contributed by atoms with Crippen LogP contribution in [-0.2, 0) is 23.1 Å². The van der Waals surface area contributed by atoms with Gasteiger partial charge in [-0.05, 0) is 30.0 Å². The molecule has 0 aliphatic heterocycles. The molecule has 0 spiro atoms. The van der Waals surface area contributed by atoms with Gasteiger partial charge in [0.2, 0.25) is 0 Å². The Morgan fingerprint density at radius 3 is 2.48 bits per heavy atom. The number of ketones is 1. The van der Waals surface area contributed by atoms with E-state index in [0.717, 1.165) is 11.1 Å². The molecular weight excluding hydrogens is 335 g/mol. The van der Waals surface area contributed by atoms with Gasteiger partial charge in [-0.3, -0.25) is 9.59 Å². The summed E-state index contributed by atoms with van der Waals surface area (Å²) in [6.45, 7) is 1.88. The van der Waals surface area contributed by atoms with Gasteiger partial charge in [0.25, 0.3) is 0 Å². The van der Waals surface area contributed by atoms with Crippen LogP contribution in [-0.4, -0.2) is 16.9 Å². The van der Waals surface area contributed by atoms with E-state index in [0.29, 0.717) is 17.5 Å². The van der Waals surface area contributed by atoms with E-state index in [2.05, 4.69) is 0 Å². The molecule has 1 unspecified atom stereocenters. The van der Waals surface area contributed by atoms with E-state index in [1.54, 1.807) is 6.07 Å². The van der Waals surface area contributed by atoms with Crippen LogP contribution in [0.3, 0.4) is 0 Å². The van der Waals surface area contributed by atoms with Crippen LogP contribution in [0.5, 0.6) is 0 Å². The summed E-state index contributed by atoms with van der Waals surface area (Å²) in [5.74, 6) is -1.06. The molecule has 5 heteroatoms. The quantitative estimate of drug-likeness (QED) is 0.898. The Balaban J connectivity index is 2.13. The van der Waals surface area contributed by atoms with Crippen molar-refractivity contribution < 1.29 is 14.7 Å². The zero-order valence-corrected chi connectivity index (χ0v) is 13.9. The number of carbonyl (C=O) groups is 2. The summed E-state index contributed by atoms with van der Waals surface area (Å²) in [6.07, 6.45) is 0.261. The number of hydrogen-bond acceptors (Lipinski definition) is 2. The van der Waals surface area contributed by atoms with Crippen molar-refractivity contribution in [3.63, 3.8) is 0 Å². The fourth-order valence-electron chi connectivity index (χ4n) is 3.19. The van der Waals surface area contributed by atoms with E-state index in [4.69, 9.17) is 28.3 Å². The molecule has 1 aliphatic rings. The first-order chi connectivity index (χ1) is 10.8. The van der Waals surface area contributed by atoms with Crippen molar-refractivity contribution in [1.29, 1.82) is 0 Å². The predicted octanol–water partition coefficient (Wildman–Crippen LogP) is 4.32. The minimum absolute atomic E-state index is 0.0764. The number of carboxylic acids is 1. The molecule has 1 aliphatic carbocycles. The highest BCUT2D eigenvalue weighted by Gasteiger charge is 2.44. The molecule has 0 saturated carbocycles. The van der Waals surface area contributed by atoms with Crippen molar-refractivity contribution in [1.82, 2.24) is 0 Å². The lowest BCUT2D eigenvalue weighted by molar-refractivity contribution is -0.136. The SMILES string of the molecule is CC1(c2ccccc2)Cc2cc(CC(=O)O)c(Cl)c(Cl)c2C1=O. The molecule has 118 valence electrons. The lowest BCUT2D eigenvalue weighted by atomic mass is 9.79. The first kappa shape index (κ1) is 16.0. The average Bonchev–Trinajstić information content (AvgIpc) is 2.77. The Labute approximate surface area is 143 Å². The number of halogens is 2. The lowest BCUT2D eigenvalue weighted by Crippen LogP contribution is -2.29. The number of benzene rings is 2. The standard InChI is InChI=1S/C18H14Cl2O3/c1-18(12-5-3-2-4-6-12)9-11-7-10(8-13(21)22)15(19)16(20)14(11)17(18)23/h2-7H,8-9H2,1H3,(H,21,22). The van der Waals surface area contributed by atoms with Crippen molar-refractivity contribution in [2.75, 3.05) is 0 Å². The van der Waals surface area contributed by atoms with Gasteiger partial charge in [0.1, 0.15) is 0 Å². The monoisotopic (exact) mass is 348 g/mol. The van der Waals surface area contributed by atoms with Gasteiger partial charge in [-0.25, -0.2) is 0 Å². The zero-order valence-electron chi connectivity index (χ0n) is 12.4. The fraction of sp³-hybridized carbons (Fsp3) is 0.222. The summed E-state index contributed by atoms with van der Waals surface area (Å²) in [6, 6.07) is 11.2. The highest BCUT2D eigenvalue weighted by molar-refractivity contribution is 6.45. The third-order valence-electron chi connectivity index (χ3n) is 4.39. The Morgan fingerprint density at radius 2 is 1.87 bits per heavy atom. The highest BCUT2D eigenvalue weighted by Crippen LogP contribution is 2.45. The third-order valence-corrected chi connectivity index (χ3v) is 5.29. The number of fused-ring (bicyclic) bond motifs is 1. The summed E-state index contributed by atoms with van der Waals surface area (Å²) in [5.41, 5.74) is 1.81. The van der Waals surface area contributed by atoms with Gasteiger partial charge in [0.15, 0.2) is 5.78 Å². The van der Waals surface area contributed by atoms with Gasteiger partial charge in [0, 0.05) is 5.56 Å². The molecule has 0 heterocycles. The number of aliphatic carboxylic acids is 1. The van der Waals surface area contributed by atoms with Crippen LogP contribution in [0.2, 0.25) is 10.0 Å². The second-order valence-electron chi connectivity index (χ2n) is 5.97. The second kappa shape index (κ2) is 5.66. The van der Waals surface area contributed by atoms with Crippen molar-refractivity contribution >= 4 is 35.0 Å². The molecule has 0 saturated heterocycles. The van der Waals surface area contributed by atoms with E-state index < -0.39 is 11.4 Å². The van der Waals surface area contributed by atoms with Crippen LogP contribution in [0.15, 0.2) is 36.4 Å². The molecule has 1 atom stereocenters. The van der Waals surface area contributed by atoms with Crippen LogP contribution >= 0.6 is 23.2 Å². The maximum atomic E-state index is 13.0. The molecule has 1 N–H and O–H groups in total. The summed E-state index contributed by atoms with van der Waals surface area (Å²) >= 11 is 12.5. The maximum absolute atomic E-state index is 13.0.